The zero-order valence-corrected chi connectivity index (χ0v) is 12.6. The van der Waals surface area contributed by atoms with Crippen LogP contribution in [0.15, 0.2) is 36.5 Å². The molecule has 0 radical (unpaired) electrons. The average Bonchev–Trinajstić information content (AvgIpc) is 2.55. The number of carbonyl (C=O) groups is 1. The van der Waals surface area contributed by atoms with E-state index in [9.17, 15) is 4.79 Å². The minimum Gasteiger partial charge on any atom is -0.495 e. The fourth-order valence-electron chi connectivity index (χ4n) is 3.66. The molecule has 1 aliphatic heterocycles. The molecule has 1 fully saturated rings. The molecule has 3 heteroatoms. The highest BCUT2D eigenvalue weighted by Crippen LogP contribution is 2.38. The van der Waals surface area contributed by atoms with Crippen LogP contribution in [0.4, 0.5) is 5.69 Å². The molecule has 0 bridgehead atoms. The van der Waals surface area contributed by atoms with Crippen molar-refractivity contribution in [2.24, 2.45) is 5.92 Å². The summed E-state index contributed by atoms with van der Waals surface area (Å²) in [5.41, 5.74) is 1.07. The summed E-state index contributed by atoms with van der Waals surface area (Å²) in [5.74, 6) is 1.73. The summed E-state index contributed by atoms with van der Waals surface area (Å²) in [7, 11) is 1.70. The van der Waals surface area contributed by atoms with E-state index < -0.39 is 0 Å². The second-order valence-corrected chi connectivity index (χ2v) is 6.03. The number of hydrogen-bond acceptors (Lipinski definition) is 3. The van der Waals surface area contributed by atoms with Gasteiger partial charge in [0.25, 0.3) is 0 Å². The predicted molar refractivity (Wildman–Crippen MR) is 84.6 cm³/mol. The zero-order chi connectivity index (χ0) is 14.7. The molecule has 3 rings (SSSR count). The standard InChI is InChI=1S/C18H23NO2/c1-21-18-10-6-5-9-16(18)19-12-11-15(20)13-17(19)14-7-3-2-4-8-14/h5-6,9-12,14,17H,2-4,7-8,13H2,1H3/t17-/m1/s1. The first-order valence-electron chi connectivity index (χ1n) is 7.92. The maximum atomic E-state index is 11.9. The number of hydrogen-bond donors (Lipinski definition) is 0. The Morgan fingerprint density at radius 2 is 1.90 bits per heavy atom. The van der Waals surface area contributed by atoms with E-state index in [0.29, 0.717) is 12.3 Å². The van der Waals surface area contributed by atoms with Gasteiger partial charge in [-0.15, -0.1) is 0 Å². The molecule has 1 aromatic rings. The van der Waals surface area contributed by atoms with Crippen molar-refractivity contribution in [3.05, 3.63) is 36.5 Å². The Labute approximate surface area is 126 Å². The maximum absolute atomic E-state index is 11.9. The Morgan fingerprint density at radius 1 is 1.14 bits per heavy atom. The third-order valence-electron chi connectivity index (χ3n) is 4.75. The Kier molecular flexibility index (Phi) is 4.28. The van der Waals surface area contributed by atoms with Crippen LogP contribution in [0, 0.1) is 5.92 Å². The molecule has 1 aliphatic carbocycles. The molecule has 0 aromatic heterocycles. The molecule has 112 valence electrons. The van der Waals surface area contributed by atoms with Crippen LogP contribution in [0.3, 0.4) is 0 Å². The van der Waals surface area contributed by atoms with E-state index in [1.807, 2.05) is 24.4 Å². The van der Waals surface area contributed by atoms with E-state index in [-0.39, 0.29) is 11.8 Å². The lowest BCUT2D eigenvalue weighted by atomic mass is 9.80. The summed E-state index contributed by atoms with van der Waals surface area (Å²) in [6.07, 6.45) is 10.7. The maximum Gasteiger partial charge on any atom is 0.159 e. The van der Waals surface area contributed by atoms with Gasteiger partial charge >= 0.3 is 0 Å². The Morgan fingerprint density at radius 3 is 2.67 bits per heavy atom. The number of ketones is 1. The van der Waals surface area contributed by atoms with Crippen molar-refractivity contribution in [1.29, 1.82) is 0 Å². The highest BCUT2D eigenvalue weighted by atomic mass is 16.5. The van der Waals surface area contributed by atoms with Gasteiger partial charge in [0.2, 0.25) is 0 Å². The monoisotopic (exact) mass is 285 g/mol. The van der Waals surface area contributed by atoms with E-state index >= 15 is 0 Å². The molecular formula is C18H23NO2. The molecule has 0 spiro atoms. The molecule has 0 amide bonds. The van der Waals surface area contributed by atoms with Crippen LogP contribution in [-0.4, -0.2) is 18.9 Å². The number of ether oxygens (including phenoxy) is 1. The minimum atomic E-state index is 0.247. The summed E-state index contributed by atoms with van der Waals surface area (Å²) in [6.45, 7) is 0. The highest BCUT2D eigenvalue weighted by molar-refractivity contribution is 5.92. The number of para-hydroxylation sites is 2. The first-order valence-corrected chi connectivity index (χ1v) is 7.92. The normalized spacial score (nSPS) is 23.4. The van der Waals surface area contributed by atoms with Crippen LogP contribution < -0.4 is 9.64 Å². The van der Waals surface area contributed by atoms with Crippen molar-refractivity contribution in [1.82, 2.24) is 0 Å². The number of benzene rings is 1. The van der Waals surface area contributed by atoms with Gasteiger partial charge in [0.1, 0.15) is 5.75 Å². The molecular weight excluding hydrogens is 262 g/mol. The van der Waals surface area contributed by atoms with E-state index in [4.69, 9.17) is 4.74 Å². The largest absolute Gasteiger partial charge is 0.495 e. The third-order valence-corrected chi connectivity index (χ3v) is 4.75. The lowest BCUT2D eigenvalue weighted by Gasteiger charge is -2.40. The van der Waals surface area contributed by atoms with E-state index in [2.05, 4.69) is 11.0 Å². The van der Waals surface area contributed by atoms with Crippen molar-refractivity contribution in [3.63, 3.8) is 0 Å². The van der Waals surface area contributed by atoms with Gasteiger partial charge in [0.15, 0.2) is 5.78 Å². The van der Waals surface area contributed by atoms with Crippen LogP contribution in [0.1, 0.15) is 38.5 Å². The van der Waals surface area contributed by atoms with Gasteiger partial charge in [0, 0.05) is 18.7 Å². The number of nitrogens with zero attached hydrogens (tertiary/aromatic N) is 1. The van der Waals surface area contributed by atoms with Crippen LogP contribution in [0.25, 0.3) is 0 Å². The van der Waals surface area contributed by atoms with Gasteiger partial charge in [-0.2, -0.15) is 0 Å². The second-order valence-electron chi connectivity index (χ2n) is 6.03. The lowest BCUT2D eigenvalue weighted by molar-refractivity contribution is -0.115. The van der Waals surface area contributed by atoms with Gasteiger partial charge in [-0.3, -0.25) is 4.79 Å². The summed E-state index contributed by atoms with van der Waals surface area (Å²) in [6, 6.07) is 8.35. The molecule has 2 aliphatic rings. The van der Waals surface area contributed by atoms with Crippen molar-refractivity contribution in [3.8, 4) is 5.75 Å². The van der Waals surface area contributed by atoms with Gasteiger partial charge < -0.3 is 9.64 Å². The zero-order valence-electron chi connectivity index (χ0n) is 12.6. The highest BCUT2D eigenvalue weighted by Gasteiger charge is 2.32. The van der Waals surface area contributed by atoms with E-state index in [1.165, 1.54) is 32.1 Å². The summed E-state index contributed by atoms with van der Waals surface area (Å²) in [4.78, 5) is 14.2. The van der Waals surface area contributed by atoms with Crippen molar-refractivity contribution >= 4 is 11.5 Å². The van der Waals surface area contributed by atoms with Gasteiger partial charge in [-0.25, -0.2) is 0 Å². The first kappa shape index (κ1) is 14.2. The minimum absolute atomic E-state index is 0.247. The fraction of sp³-hybridized carbons (Fsp3) is 0.500. The molecule has 0 N–H and O–H groups in total. The van der Waals surface area contributed by atoms with Crippen molar-refractivity contribution in [2.75, 3.05) is 12.0 Å². The van der Waals surface area contributed by atoms with Gasteiger partial charge in [-0.05, 0) is 37.0 Å². The number of methoxy groups -OCH3 is 1. The summed E-state index contributed by atoms with van der Waals surface area (Å²) in [5, 5.41) is 0. The number of rotatable bonds is 3. The Bertz CT molecular complexity index is 532. The molecule has 1 atom stereocenters. The van der Waals surface area contributed by atoms with Crippen molar-refractivity contribution < 1.29 is 9.53 Å². The first-order chi connectivity index (χ1) is 10.3. The van der Waals surface area contributed by atoms with Crippen LogP contribution in [0.2, 0.25) is 0 Å². The molecule has 1 aromatic carbocycles. The van der Waals surface area contributed by atoms with Crippen LogP contribution in [0.5, 0.6) is 5.75 Å². The van der Waals surface area contributed by atoms with Gasteiger partial charge in [-0.1, -0.05) is 31.4 Å². The topological polar surface area (TPSA) is 29.5 Å². The smallest absolute Gasteiger partial charge is 0.159 e. The molecule has 0 saturated heterocycles. The quantitative estimate of drug-likeness (QED) is 0.842. The van der Waals surface area contributed by atoms with E-state index in [1.54, 1.807) is 13.2 Å². The lowest BCUT2D eigenvalue weighted by Crippen LogP contribution is -2.42. The molecule has 3 nitrogen and oxygen atoms in total. The Balaban J connectivity index is 1.92. The summed E-state index contributed by atoms with van der Waals surface area (Å²) >= 11 is 0. The van der Waals surface area contributed by atoms with Gasteiger partial charge in [0.05, 0.1) is 12.8 Å². The SMILES string of the molecule is COc1ccccc1N1C=CC(=O)C[C@@H]1C1CCCCC1. The molecule has 1 saturated carbocycles. The third kappa shape index (κ3) is 2.97. The molecule has 21 heavy (non-hydrogen) atoms. The van der Waals surface area contributed by atoms with Crippen molar-refractivity contribution in [2.45, 2.75) is 44.6 Å². The van der Waals surface area contributed by atoms with Crippen LogP contribution >= 0.6 is 0 Å². The second kappa shape index (κ2) is 6.33. The summed E-state index contributed by atoms with van der Waals surface area (Å²) < 4.78 is 5.50. The van der Waals surface area contributed by atoms with Crippen LogP contribution in [-0.2, 0) is 4.79 Å². The predicted octanol–water partition coefficient (Wildman–Crippen LogP) is 3.94. The average molecular weight is 285 g/mol. The number of allylic oxidation sites excluding steroid dienone is 1. The number of carbonyl (C=O) groups excluding carboxylic acids is 1. The fourth-order valence-corrected chi connectivity index (χ4v) is 3.66. The Hall–Kier alpha value is -1.77. The molecule has 1 heterocycles. The number of anilines is 1. The molecule has 0 unspecified atom stereocenters. The van der Waals surface area contributed by atoms with E-state index in [0.717, 1.165) is 11.4 Å².